The quantitative estimate of drug-likeness (QED) is 0.398. The molecule has 0 aliphatic rings. The van der Waals surface area contributed by atoms with Gasteiger partial charge >= 0.3 is 6.09 Å². The molecule has 0 radical (unpaired) electrons. The number of hydrogen-bond donors (Lipinski definition) is 2. The zero-order chi connectivity index (χ0) is 20.7. The second kappa shape index (κ2) is 10.2. The SMILES string of the molecule is CCCCc1cc(NNC(=O)OCC(Cl)(Cl)Cl)n(-c2ccc(C(C)C)cc2)n1. The van der Waals surface area contributed by atoms with Crippen molar-refractivity contribution in [3.8, 4) is 5.69 Å². The summed E-state index contributed by atoms with van der Waals surface area (Å²) in [6.45, 7) is 6.06. The second-order valence-electron chi connectivity index (χ2n) is 6.72. The summed E-state index contributed by atoms with van der Waals surface area (Å²) < 4.78 is 4.93. The van der Waals surface area contributed by atoms with Gasteiger partial charge in [0.05, 0.1) is 11.4 Å². The number of hydrazine groups is 1. The fourth-order valence-electron chi connectivity index (χ4n) is 2.50. The maximum Gasteiger partial charge on any atom is 0.426 e. The molecule has 0 aliphatic heterocycles. The number of aryl methyl sites for hydroxylation is 1. The summed E-state index contributed by atoms with van der Waals surface area (Å²) in [7, 11) is 0. The number of hydrogen-bond acceptors (Lipinski definition) is 4. The van der Waals surface area contributed by atoms with Crippen molar-refractivity contribution >= 4 is 46.7 Å². The molecule has 0 saturated heterocycles. The zero-order valence-electron chi connectivity index (χ0n) is 16.1. The van der Waals surface area contributed by atoms with Crippen molar-refractivity contribution in [1.82, 2.24) is 15.2 Å². The van der Waals surface area contributed by atoms with Crippen LogP contribution in [0.2, 0.25) is 0 Å². The van der Waals surface area contributed by atoms with Gasteiger partial charge in [0.25, 0.3) is 0 Å². The van der Waals surface area contributed by atoms with Crippen LogP contribution in [0.15, 0.2) is 30.3 Å². The molecule has 154 valence electrons. The van der Waals surface area contributed by atoms with Gasteiger partial charge in [0, 0.05) is 6.07 Å². The maximum atomic E-state index is 11.8. The van der Waals surface area contributed by atoms with Crippen LogP contribution >= 0.6 is 34.8 Å². The van der Waals surface area contributed by atoms with Gasteiger partial charge in [0.2, 0.25) is 3.79 Å². The van der Waals surface area contributed by atoms with E-state index in [9.17, 15) is 4.79 Å². The van der Waals surface area contributed by atoms with E-state index in [2.05, 4.69) is 48.9 Å². The standard InChI is InChI=1S/C19H25Cl3N4O2/c1-4-5-6-15-11-17(23-24-18(27)28-12-19(20,21)22)26(25-15)16-9-7-14(8-10-16)13(2)3/h7-11,13,23H,4-6,12H2,1-3H3,(H,24,27). The maximum absolute atomic E-state index is 11.8. The first-order chi connectivity index (χ1) is 13.2. The Kier molecular flexibility index (Phi) is 8.28. The minimum Gasteiger partial charge on any atom is -0.444 e. The summed E-state index contributed by atoms with van der Waals surface area (Å²) in [6, 6.07) is 10.0. The normalized spacial score (nSPS) is 11.5. The lowest BCUT2D eigenvalue weighted by molar-refractivity contribution is 0.150. The van der Waals surface area contributed by atoms with Crippen molar-refractivity contribution in [2.24, 2.45) is 0 Å². The van der Waals surface area contributed by atoms with E-state index >= 15 is 0 Å². The molecule has 2 rings (SSSR count). The molecule has 1 amide bonds. The molecule has 0 saturated carbocycles. The van der Waals surface area contributed by atoms with Crippen molar-refractivity contribution in [3.63, 3.8) is 0 Å². The van der Waals surface area contributed by atoms with Crippen molar-refractivity contribution in [2.75, 3.05) is 12.0 Å². The number of nitrogens with one attached hydrogen (secondary N) is 2. The summed E-state index contributed by atoms with van der Waals surface area (Å²) in [5, 5.41) is 4.65. The van der Waals surface area contributed by atoms with Gasteiger partial charge < -0.3 is 4.74 Å². The van der Waals surface area contributed by atoms with E-state index in [0.717, 1.165) is 30.6 Å². The number of nitrogens with zero attached hydrogens (tertiary/aromatic N) is 2. The minimum absolute atomic E-state index is 0.358. The van der Waals surface area contributed by atoms with Gasteiger partial charge in [0.1, 0.15) is 12.4 Å². The van der Waals surface area contributed by atoms with Crippen LogP contribution in [0.3, 0.4) is 0 Å². The molecule has 6 nitrogen and oxygen atoms in total. The molecule has 0 bridgehead atoms. The lowest BCUT2D eigenvalue weighted by atomic mass is 10.0. The molecular formula is C19H25Cl3N4O2. The summed E-state index contributed by atoms with van der Waals surface area (Å²) in [5.74, 6) is 1.05. The van der Waals surface area contributed by atoms with Crippen molar-refractivity contribution < 1.29 is 9.53 Å². The van der Waals surface area contributed by atoms with Gasteiger partial charge in [-0.3, -0.25) is 5.43 Å². The number of carbonyl (C=O) groups is 1. The predicted molar refractivity (Wildman–Crippen MR) is 115 cm³/mol. The van der Waals surface area contributed by atoms with Gasteiger partial charge in [-0.1, -0.05) is 74.1 Å². The lowest BCUT2D eigenvalue weighted by Crippen LogP contribution is -2.33. The van der Waals surface area contributed by atoms with Gasteiger partial charge in [-0.05, 0) is 36.5 Å². The first-order valence-corrected chi connectivity index (χ1v) is 10.3. The number of halogens is 3. The van der Waals surface area contributed by atoms with Crippen molar-refractivity contribution in [2.45, 2.75) is 49.7 Å². The Morgan fingerprint density at radius 3 is 2.50 bits per heavy atom. The Bertz CT molecular complexity index is 770. The molecule has 28 heavy (non-hydrogen) atoms. The van der Waals surface area contributed by atoms with Crippen LogP contribution in [-0.4, -0.2) is 26.3 Å². The highest BCUT2D eigenvalue weighted by Gasteiger charge is 2.22. The van der Waals surface area contributed by atoms with E-state index in [-0.39, 0.29) is 6.61 Å². The number of benzene rings is 1. The number of carbonyl (C=O) groups excluding carboxylic acids is 1. The Hall–Kier alpha value is -1.63. The van der Waals surface area contributed by atoms with E-state index in [0.29, 0.717) is 11.7 Å². The molecule has 9 heteroatoms. The number of rotatable bonds is 8. The molecule has 0 unspecified atom stereocenters. The van der Waals surface area contributed by atoms with Crippen LogP contribution < -0.4 is 10.9 Å². The molecule has 0 spiro atoms. The summed E-state index contributed by atoms with van der Waals surface area (Å²) in [5.41, 5.74) is 8.31. The fraction of sp³-hybridized carbons (Fsp3) is 0.474. The third kappa shape index (κ3) is 7.08. The largest absolute Gasteiger partial charge is 0.444 e. The average Bonchev–Trinajstić information content (AvgIpc) is 3.05. The molecular weight excluding hydrogens is 423 g/mol. The van der Waals surface area contributed by atoms with Crippen LogP contribution in [0.1, 0.15) is 50.8 Å². The molecule has 0 fully saturated rings. The lowest BCUT2D eigenvalue weighted by Gasteiger charge is -2.14. The summed E-state index contributed by atoms with van der Waals surface area (Å²) in [6.07, 6.45) is 2.19. The highest BCUT2D eigenvalue weighted by Crippen LogP contribution is 2.26. The number of aromatic nitrogens is 2. The molecule has 2 N–H and O–H groups in total. The van der Waals surface area contributed by atoms with Crippen LogP contribution in [0.5, 0.6) is 0 Å². The van der Waals surface area contributed by atoms with Gasteiger partial charge in [-0.15, -0.1) is 0 Å². The molecule has 2 aromatic rings. The zero-order valence-corrected chi connectivity index (χ0v) is 18.4. The molecule has 0 aliphatic carbocycles. The highest BCUT2D eigenvalue weighted by atomic mass is 35.6. The van der Waals surface area contributed by atoms with Crippen molar-refractivity contribution in [3.05, 3.63) is 41.6 Å². The van der Waals surface area contributed by atoms with Crippen LogP contribution in [0, 0.1) is 0 Å². The topological polar surface area (TPSA) is 68.2 Å². The highest BCUT2D eigenvalue weighted by molar-refractivity contribution is 6.67. The minimum atomic E-state index is -1.66. The monoisotopic (exact) mass is 446 g/mol. The first kappa shape index (κ1) is 22.7. The first-order valence-electron chi connectivity index (χ1n) is 9.14. The average molecular weight is 448 g/mol. The number of ether oxygens (including phenoxy) is 1. The van der Waals surface area contributed by atoms with E-state index < -0.39 is 9.89 Å². The van der Waals surface area contributed by atoms with Crippen LogP contribution in [-0.2, 0) is 11.2 Å². The molecule has 1 heterocycles. The predicted octanol–water partition coefficient (Wildman–Crippen LogP) is 5.76. The third-order valence-electron chi connectivity index (χ3n) is 4.01. The number of alkyl halides is 3. The molecule has 1 aromatic carbocycles. The van der Waals surface area contributed by atoms with E-state index in [1.165, 1.54) is 5.56 Å². The Morgan fingerprint density at radius 1 is 1.25 bits per heavy atom. The smallest absolute Gasteiger partial charge is 0.426 e. The molecule has 0 atom stereocenters. The van der Waals surface area contributed by atoms with Gasteiger partial charge in [-0.2, -0.15) is 5.10 Å². The Labute approximate surface area is 180 Å². The van der Waals surface area contributed by atoms with E-state index in [1.807, 2.05) is 18.2 Å². The second-order valence-corrected chi connectivity index (χ2v) is 9.24. The van der Waals surface area contributed by atoms with E-state index in [4.69, 9.17) is 39.5 Å². The fourth-order valence-corrected chi connectivity index (χ4v) is 2.66. The number of amides is 1. The van der Waals surface area contributed by atoms with Gasteiger partial charge in [-0.25, -0.2) is 14.9 Å². The Balaban J connectivity index is 2.15. The van der Waals surface area contributed by atoms with E-state index in [1.54, 1.807) is 4.68 Å². The number of anilines is 1. The van der Waals surface area contributed by atoms with Crippen molar-refractivity contribution in [1.29, 1.82) is 0 Å². The Morgan fingerprint density at radius 2 is 1.93 bits per heavy atom. The summed E-state index contributed by atoms with van der Waals surface area (Å²) >= 11 is 16.7. The third-order valence-corrected chi connectivity index (χ3v) is 4.34. The van der Waals surface area contributed by atoms with Crippen LogP contribution in [0.25, 0.3) is 5.69 Å². The molecule has 1 aromatic heterocycles. The van der Waals surface area contributed by atoms with Gasteiger partial charge in [0.15, 0.2) is 0 Å². The summed E-state index contributed by atoms with van der Waals surface area (Å²) in [4.78, 5) is 11.8. The number of unbranched alkanes of at least 4 members (excludes halogenated alkanes) is 1. The van der Waals surface area contributed by atoms with Crippen LogP contribution in [0.4, 0.5) is 10.6 Å².